The molecule has 0 bridgehead atoms. The van der Waals surface area contributed by atoms with Crippen LogP contribution in [0.4, 0.5) is 13.2 Å². The summed E-state index contributed by atoms with van der Waals surface area (Å²) in [7, 11) is -4.83. The summed E-state index contributed by atoms with van der Waals surface area (Å²) in [5.74, 6) is -1.13. The highest BCUT2D eigenvalue weighted by Crippen LogP contribution is 2.34. The van der Waals surface area contributed by atoms with Crippen molar-refractivity contribution in [3.63, 3.8) is 0 Å². The second-order valence-electron chi connectivity index (χ2n) is 4.87. The Balaban J connectivity index is 2.43. The summed E-state index contributed by atoms with van der Waals surface area (Å²) in [5.41, 5.74) is -1.91. The molecule has 0 aliphatic carbocycles. The van der Waals surface area contributed by atoms with Crippen LogP contribution < -0.4 is 4.72 Å². The van der Waals surface area contributed by atoms with E-state index in [0.29, 0.717) is 24.3 Å². The zero-order chi connectivity index (χ0) is 18.8. The topological polar surface area (TPSA) is 100 Å². The van der Waals surface area contributed by atoms with Gasteiger partial charge in [0.05, 0.1) is 22.1 Å². The van der Waals surface area contributed by atoms with E-state index in [4.69, 9.17) is 9.68 Å². The number of aryl methyl sites for hydroxylation is 1. The molecule has 0 unspecified atom stereocenters. The van der Waals surface area contributed by atoms with Crippen molar-refractivity contribution in [3.8, 4) is 6.07 Å². The number of hydrogen-bond donors (Lipinski definition) is 1. The zero-order valence-corrected chi connectivity index (χ0v) is 13.5. The Kier molecular flexibility index (Phi) is 4.89. The first-order valence-electron chi connectivity index (χ1n) is 6.85. The first kappa shape index (κ1) is 18.5. The molecular weight excluding hydrogens is 361 g/mol. The number of nitriles is 1. The number of amides is 1. The van der Waals surface area contributed by atoms with E-state index in [2.05, 4.69) is 0 Å². The van der Waals surface area contributed by atoms with Crippen molar-refractivity contribution in [2.45, 2.75) is 24.4 Å². The van der Waals surface area contributed by atoms with Gasteiger partial charge in [-0.25, -0.2) is 13.1 Å². The summed E-state index contributed by atoms with van der Waals surface area (Å²) < 4.78 is 70.3. The van der Waals surface area contributed by atoms with E-state index in [1.807, 2.05) is 0 Å². The van der Waals surface area contributed by atoms with Crippen LogP contribution in [0.2, 0.25) is 0 Å². The van der Waals surface area contributed by atoms with E-state index in [1.165, 1.54) is 22.9 Å². The molecule has 0 saturated carbocycles. The molecule has 0 aliphatic heterocycles. The number of halogens is 3. The lowest BCUT2D eigenvalue weighted by Gasteiger charge is -2.13. The van der Waals surface area contributed by atoms with Crippen LogP contribution in [0.3, 0.4) is 0 Å². The Morgan fingerprint density at radius 2 is 1.96 bits per heavy atom. The lowest BCUT2D eigenvalue weighted by atomic mass is 10.1. The molecule has 0 spiro atoms. The lowest BCUT2D eigenvalue weighted by molar-refractivity contribution is -0.139. The summed E-state index contributed by atoms with van der Waals surface area (Å²) >= 11 is 0. The van der Waals surface area contributed by atoms with E-state index in [-0.39, 0.29) is 11.3 Å². The van der Waals surface area contributed by atoms with Crippen molar-refractivity contribution in [3.05, 3.63) is 53.0 Å². The number of benzene rings is 1. The summed E-state index contributed by atoms with van der Waals surface area (Å²) in [6.45, 7) is 1.74. The molecule has 1 aromatic carbocycles. The highest BCUT2D eigenvalue weighted by molar-refractivity contribution is 7.90. The summed E-state index contributed by atoms with van der Waals surface area (Å²) in [6.07, 6.45) is -4.58. The molecule has 25 heavy (non-hydrogen) atoms. The predicted molar refractivity (Wildman–Crippen MR) is 78.9 cm³/mol. The second-order valence-corrected chi connectivity index (χ2v) is 6.53. The zero-order valence-electron chi connectivity index (χ0n) is 12.7. The smallest absolute Gasteiger partial charge is 0.417 e. The average Bonchev–Trinajstić information content (AvgIpc) is 3.02. The van der Waals surface area contributed by atoms with E-state index in [0.717, 1.165) is 6.07 Å². The number of sulfonamides is 1. The number of furan rings is 1. The summed E-state index contributed by atoms with van der Waals surface area (Å²) in [5, 5.41) is 8.69. The monoisotopic (exact) mass is 372 g/mol. The molecule has 1 N–H and O–H groups in total. The molecule has 1 amide bonds. The molecule has 2 rings (SSSR count). The van der Waals surface area contributed by atoms with Gasteiger partial charge in [0.25, 0.3) is 10.0 Å². The largest absolute Gasteiger partial charge is 0.456 e. The maximum Gasteiger partial charge on any atom is 0.417 e. The van der Waals surface area contributed by atoms with Crippen molar-refractivity contribution in [1.29, 1.82) is 5.26 Å². The van der Waals surface area contributed by atoms with E-state index >= 15 is 0 Å². The minimum atomic E-state index is -5.03. The van der Waals surface area contributed by atoms with Gasteiger partial charge in [-0.3, -0.25) is 4.79 Å². The van der Waals surface area contributed by atoms with Gasteiger partial charge in [0.15, 0.2) is 5.76 Å². The highest BCUT2D eigenvalue weighted by Gasteiger charge is 2.38. The Bertz CT molecular complexity index is 956. The van der Waals surface area contributed by atoms with Gasteiger partial charge in [-0.2, -0.15) is 18.4 Å². The number of carbonyl (C=O) groups is 1. The average molecular weight is 372 g/mol. The van der Waals surface area contributed by atoms with Crippen LogP contribution in [-0.4, -0.2) is 14.3 Å². The van der Waals surface area contributed by atoms with Gasteiger partial charge in [-0.05, 0) is 30.3 Å². The van der Waals surface area contributed by atoms with Crippen LogP contribution in [0.1, 0.15) is 34.4 Å². The highest BCUT2D eigenvalue weighted by atomic mass is 32.2. The minimum Gasteiger partial charge on any atom is -0.456 e. The molecule has 0 fully saturated rings. The van der Waals surface area contributed by atoms with E-state index < -0.39 is 32.6 Å². The number of carbonyl (C=O) groups excluding carboxylic acids is 1. The van der Waals surface area contributed by atoms with Crippen molar-refractivity contribution in [2.75, 3.05) is 0 Å². The van der Waals surface area contributed by atoms with Crippen molar-refractivity contribution in [2.24, 2.45) is 0 Å². The number of hydrogen-bond acceptors (Lipinski definition) is 5. The third kappa shape index (κ3) is 4.00. The molecule has 2 aromatic rings. The Hall–Kier alpha value is -2.80. The van der Waals surface area contributed by atoms with Crippen molar-refractivity contribution in [1.82, 2.24) is 4.72 Å². The molecule has 10 heteroatoms. The number of alkyl halides is 3. The first-order chi connectivity index (χ1) is 11.6. The van der Waals surface area contributed by atoms with Gasteiger partial charge in [0.2, 0.25) is 0 Å². The molecule has 1 heterocycles. The quantitative estimate of drug-likeness (QED) is 0.889. The molecule has 6 nitrogen and oxygen atoms in total. The SMILES string of the molecule is CCc1ccc(C(=O)NS(=O)(=O)c2ccc(C#N)cc2C(F)(F)F)o1. The van der Waals surface area contributed by atoms with Gasteiger partial charge in [-0.1, -0.05) is 6.92 Å². The fourth-order valence-corrected chi connectivity index (χ4v) is 3.14. The normalized spacial score (nSPS) is 11.8. The minimum absolute atomic E-state index is 0.345. The van der Waals surface area contributed by atoms with Gasteiger partial charge in [-0.15, -0.1) is 0 Å². The molecule has 132 valence electrons. The molecule has 0 aliphatic rings. The third-order valence-corrected chi connectivity index (χ3v) is 4.55. The Labute approximate surface area is 140 Å². The number of nitrogens with zero attached hydrogens (tertiary/aromatic N) is 1. The second kappa shape index (κ2) is 6.60. The fourth-order valence-electron chi connectivity index (χ4n) is 1.97. The molecule has 1 aromatic heterocycles. The van der Waals surface area contributed by atoms with Crippen LogP contribution >= 0.6 is 0 Å². The molecular formula is C15H11F3N2O4S. The van der Waals surface area contributed by atoms with E-state index in [9.17, 15) is 26.4 Å². The lowest BCUT2D eigenvalue weighted by Crippen LogP contribution is -2.32. The van der Waals surface area contributed by atoms with Gasteiger partial charge < -0.3 is 4.42 Å². The van der Waals surface area contributed by atoms with Crippen molar-refractivity contribution < 1.29 is 30.8 Å². The molecule has 0 saturated heterocycles. The molecule has 0 atom stereocenters. The van der Waals surface area contributed by atoms with Gasteiger partial charge >= 0.3 is 12.1 Å². The Morgan fingerprint density at radius 3 is 2.48 bits per heavy atom. The van der Waals surface area contributed by atoms with Crippen LogP contribution in [0, 0.1) is 11.3 Å². The van der Waals surface area contributed by atoms with Crippen LogP contribution in [0.25, 0.3) is 0 Å². The fraction of sp³-hybridized carbons (Fsp3) is 0.200. The van der Waals surface area contributed by atoms with E-state index in [1.54, 1.807) is 6.92 Å². The first-order valence-corrected chi connectivity index (χ1v) is 8.34. The van der Waals surface area contributed by atoms with Gasteiger partial charge in [0, 0.05) is 6.42 Å². The Morgan fingerprint density at radius 1 is 1.28 bits per heavy atom. The predicted octanol–water partition coefficient (Wildman–Crippen LogP) is 2.85. The molecule has 0 radical (unpaired) electrons. The summed E-state index contributed by atoms with van der Waals surface area (Å²) in [4.78, 5) is 10.8. The van der Waals surface area contributed by atoms with Crippen LogP contribution in [0.5, 0.6) is 0 Å². The van der Waals surface area contributed by atoms with Crippen LogP contribution in [0.15, 0.2) is 39.6 Å². The maximum atomic E-state index is 13.1. The van der Waals surface area contributed by atoms with Crippen LogP contribution in [-0.2, 0) is 22.6 Å². The summed E-state index contributed by atoms with van der Waals surface area (Å²) in [6, 6.07) is 6.10. The number of rotatable bonds is 4. The number of nitrogens with one attached hydrogen (secondary N) is 1. The maximum absolute atomic E-state index is 13.1. The van der Waals surface area contributed by atoms with Crippen molar-refractivity contribution >= 4 is 15.9 Å². The van der Waals surface area contributed by atoms with Gasteiger partial charge in [0.1, 0.15) is 5.76 Å². The third-order valence-electron chi connectivity index (χ3n) is 3.16. The standard InChI is InChI=1S/C15H11F3N2O4S/c1-2-10-4-5-12(24-10)14(21)20-25(22,23)13-6-3-9(8-19)7-11(13)15(16,17)18/h3-7H,2H2,1H3,(H,20,21).